The van der Waals surface area contributed by atoms with Crippen LogP contribution in [0.3, 0.4) is 0 Å². The molecule has 0 aliphatic rings. The average Bonchev–Trinajstić information content (AvgIpc) is 1.61. The lowest BCUT2D eigenvalue weighted by Gasteiger charge is -1.61. The van der Waals surface area contributed by atoms with Gasteiger partial charge in [-0.15, -0.1) is 0 Å². The summed E-state index contributed by atoms with van der Waals surface area (Å²) in [4.78, 5) is 5.33. The lowest BCUT2D eigenvalue weighted by atomic mass is 11.1. The molecule has 0 bridgehead atoms. The molecule has 6 heavy (non-hydrogen) atoms. The summed E-state index contributed by atoms with van der Waals surface area (Å²) in [7, 11) is 0. The van der Waals surface area contributed by atoms with Crippen LogP contribution in [-0.2, 0) is 0 Å². The average molecular weight is 213 g/mol. The molecule has 34 valence electrons. The van der Waals surface area contributed by atoms with E-state index in [-0.39, 0.29) is 0 Å². The van der Waals surface area contributed by atoms with Crippen LogP contribution in [-0.4, -0.2) is 5.12 Å². The van der Waals surface area contributed by atoms with Crippen LogP contribution in [0.2, 0.25) is 0 Å². The first kappa shape index (κ1) is 6.37. The molecule has 0 aromatic rings. The molecule has 0 saturated carbocycles. The molecule has 0 rings (SSSR count). The Balaban J connectivity index is 3.07. The zero-order chi connectivity index (χ0) is 4.83. The zero-order valence-corrected chi connectivity index (χ0v) is 6.11. The topological polar surface area (TPSA) is 12.4 Å². The van der Waals surface area contributed by atoms with E-state index in [1.165, 1.54) is 5.12 Å². The molecule has 0 heterocycles. The molecule has 0 aromatic carbocycles. The second-order valence-corrected chi connectivity index (χ2v) is 1.46. The summed E-state index contributed by atoms with van der Waals surface area (Å²) in [5.41, 5.74) is 0. The van der Waals surface area contributed by atoms with Crippen molar-refractivity contribution in [2.45, 2.75) is 0 Å². The van der Waals surface area contributed by atoms with Crippen molar-refractivity contribution in [3.8, 4) is 0 Å². The lowest BCUT2D eigenvalue weighted by Crippen LogP contribution is -1.42. The number of hydrogen-bond acceptors (Lipinski definition) is 1. The summed E-state index contributed by atoms with van der Waals surface area (Å²) in [6, 6.07) is 0. The van der Waals surface area contributed by atoms with Gasteiger partial charge in [0.25, 0.3) is 0 Å². The first-order valence-electron chi connectivity index (χ1n) is 1.29. The zero-order valence-electron chi connectivity index (χ0n) is 2.94. The summed E-state index contributed by atoms with van der Waals surface area (Å²) in [6.07, 6.45) is 1.62. The van der Waals surface area contributed by atoms with Gasteiger partial charge in [0.2, 0.25) is 0 Å². The van der Waals surface area contributed by atoms with E-state index in [1.807, 2.05) is 0 Å². The highest BCUT2D eigenvalue weighted by Gasteiger charge is 1.51. The van der Waals surface area contributed by atoms with Gasteiger partial charge in [-0.05, 0) is 20.9 Å². The van der Waals surface area contributed by atoms with Crippen molar-refractivity contribution in [3.05, 3.63) is 11.2 Å². The Kier molecular flexibility index (Phi) is 5.70. The summed E-state index contributed by atoms with van der Waals surface area (Å²) >= 11 is 6.02. The molecule has 0 aliphatic heterocycles. The SMILES string of the molecule is BrC=N/C=C/Br. The van der Waals surface area contributed by atoms with Crippen molar-refractivity contribution in [1.82, 2.24) is 0 Å². The van der Waals surface area contributed by atoms with Crippen LogP contribution in [0.25, 0.3) is 0 Å². The second-order valence-electron chi connectivity index (χ2n) is 0.522. The highest BCUT2D eigenvalue weighted by Crippen LogP contribution is 1.82. The molecule has 0 fully saturated rings. The van der Waals surface area contributed by atoms with Gasteiger partial charge in [0.15, 0.2) is 0 Å². The quantitative estimate of drug-likeness (QED) is 0.592. The predicted octanol–water partition coefficient (Wildman–Crippen LogP) is 2.28. The van der Waals surface area contributed by atoms with E-state index in [9.17, 15) is 0 Å². The van der Waals surface area contributed by atoms with E-state index in [0.717, 1.165) is 0 Å². The standard InChI is InChI=1S/C3H3Br2N/c4-1-2-6-3-5/h1-3H/b2-1+,6-3?. The van der Waals surface area contributed by atoms with Crippen molar-refractivity contribution in [2.24, 2.45) is 4.99 Å². The number of hydrogen-bond donors (Lipinski definition) is 0. The monoisotopic (exact) mass is 211 g/mol. The molecule has 0 spiro atoms. The van der Waals surface area contributed by atoms with Crippen LogP contribution in [0.1, 0.15) is 0 Å². The molecular weight excluding hydrogens is 210 g/mol. The lowest BCUT2D eigenvalue weighted by molar-refractivity contribution is 1.64. The van der Waals surface area contributed by atoms with Crippen LogP contribution >= 0.6 is 31.9 Å². The molecule has 3 heteroatoms. The van der Waals surface area contributed by atoms with E-state index in [1.54, 1.807) is 11.2 Å². The van der Waals surface area contributed by atoms with Gasteiger partial charge >= 0.3 is 0 Å². The van der Waals surface area contributed by atoms with Gasteiger partial charge in [-0.1, -0.05) is 15.9 Å². The molecule has 0 N–H and O–H groups in total. The fourth-order valence-electron chi connectivity index (χ4n) is 0.0651. The summed E-state index contributed by atoms with van der Waals surface area (Å²) < 4.78 is 0. The van der Waals surface area contributed by atoms with Gasteiger partial charge in [-0.2, -0.15) is 0 Å². The van der Waals surface area contributed by atoms with Crippen LogP contribution < -0.4 is 0 Å². The maximum atomic E-state index is 3.65. The molecule has 0 saturated heterocycles. The maximum absolute atomic E-state index is 3.65. The third-order valence-corrected chi connectivity index (χ3v) is 0.672. The Morgan fingerprint density at radius 1 is 1.33 bits per heavy atom. The first-order valence-corrected chi connectivity index (χ1v) is 3.12. The fourth-order valence-corrected chi connectivity index (χ4v) is 0.338. The van der Waals surface area contributed by atoms with Crippen molar-refractivity contribution >= 4 is 37.0 Å². The summed E-state index contributed by atoms with van der Waals surface area (Å²) in [5.74, 6) is 0. The number of nitrogens with zero attached hydrogens (tertiary/aromatic N) is 1. The molecule has 0 amide bonds. The van der Waals surface area contributed by atoms with Gasteiger partial charge in [-0.25, -0.2) is 0 Å². The highest BCUT2D eigenvalue weighted by atomic mass is 79.9. The van der Waals surface area contributed by atoms with Crippen LogP contribution in [0.4, 0.5) is 0 Å². The number of rotatable bonds is 1. The van der Waals surface area contributed by atoms with Gasteiger partial charge in [-0.3, -0.25) is 4.99 Å². The Morgan fingerprint density at radius 3 is 2.17 bits per heavy atom. The maximum Gasteiger partial charge on any atom is 0.0696 e. The summed E-state index contributed by atoms with van der Waals surface area (Å²) in [5, 5.41) is 1.53. The van der Waals surface area contributed by atoms with E-state index in [4.69, 9.17) is 0 Å². The first-order chi connectivity index (χ1) is 2.91. The minimum Gasteiger partial charge on any atom is -0.257 e. The highest BCUT2D eigenvalue weighted by molar-refractivity contribution is 9.17. The van der Waals surface area contributed by atoms with Crippen LogP contribution in [0.5, 0.6) is 0 Å². The molecule has 1 nitrogen and oxygen atoms in total. The van der Waals surface area contributed by atoms with Crippen molar-refractivity contribution in [3.63, 3.8) is 0 Å². The number of aliphatic imine (C=N–C) groups is 1. The van der Waals surface area contributed by atoms with Gasteiger partial charge in [0.1, 0.15) is 0 Å². The van der Waals surface area contributed by atoms with Crippen LogP contribution in [0.15, 0.2) is 16.2 Å². The van der Waals surface area contributed by atoms with E-state index in [2.05, 4.69) is 36.9 Å². The Bertz CT molecular complexity index is 57.2. The molecule has 0 radical (unpaired) electrons. The normalized spacial score (nSPS) is 11.7. The largest absolute Gasteiger partial charge is 0.257 e. The molecule has 0 unspecified atom stereocenters. The third kappa shape index (κ3) is 4.37. The van der Waals surface area contributed by atoms with E-state index < -0.39 is 0 Å². The second kappa shape index (κ2) is 5.37. The molecule has 0 atom stereocenters. The predicted molar refractivity (Wildman–Crippen MR) is 35.5 cm³/mol. The van der Waals surface area contributed by atoms with E-state index >= 15 is 0 Å². The van der Waals surface area contributed by atoms with Crippen molar-refractivity contribution in [1.29, 1.82) is 0 Å². The van der Waals surface area contributed by atoms with Gasteiger partial charge in [0, 0.05) is 6.20 Å². The Morgan fingerprint density at radius 2 is 2.00 bits per heavy atom. The molecule has 0 aromatic heterocycles. The van der Waals surface area contributed by atoms with Crippen molar-refractivity contribution < 1.29 is 0 Å². The van der Waals surface area contributed by atoms with Crippen molar-refractivity contribution in [2.75, 3.05) is 0 Å². The fraction of sp³-hybridized carbons (Fsp3) is 0. The number of halogens is 2. The molecular formula is C3H3Br2N. The minimum atomic E-state index is 1.53. The van der Waals surface area contributed by atoms with Gasteiger partial charge < -0.3 is 0 Å². The van der Waals surface area contributed by atoms with Crippen LogP contribution in [0, 0.1) is 0 Å². The van der Waals surface area contributed by atoms with Gasteiger partial charge in [0.05, 0.1) is 5.12 Å². The molecule has 0 aliphatic carbocycles. The van der Waals surface area contributed by atoms with E-state index in [0.29, 0.717) is 0 Å². The third-order valence-electron chi connectivity index (χ3n) is 0.199. The summed E-state index contributed by atoms with van der Waals surface area (Å²) in [6.45, 7) is 0. The Labute approximate surface area is 53.4 Å². The smallest absolute Gasteiger partial charge is 0.0696 e. The Hall–Kier alpha value is 0.370. The minimum absolute atomic E-state index is 1.53.